The second-order valence-corrected chi connectivity index (χ2v) is 8.33. The van der Waals surface area contributed by atoms with Crippen molar-refractivity contribution in [2.24, 2.45) is 5.92 Å². The van der Waals surface area contributed by atoms with Crippen LogP contribution in [0.2, 0.25) is 0 Å². The van der Waals surface area contributed by atoms with Crippen LogP contribution in [0.1, 0.15) is 36.2 Å². The first kappa shape index (κ1) is 14.9. The molecule has 2 bridgehead atoms. The van der Waals surface area contributed by atoms with Gasteiger partial charge in [-0.25, -0.2) is 0 Å². The SMILES string of the molecule is O=C(c1n[nH]c2cc(Br)ccc12)N(C1CC1)[C@@H]1CN2CCC1CC2. The number of fused-ring (bicyclic) bond motifs is 4. The summed E-state index contributed by atoms with van der Waals surface area (Å²) in [6.07, 6.45) is 4.75. The highest BCUT2D eigenvalue weighted by molar-refractivity contribution is 9.10. The quantitative estimate of drug-likeness (QED) is 0.878. The first-order chi connectivity index (χ1) is 11.7. The fourth-order valence-electron chi connectivity index (χ4n) is 4.47. The molecule has 6 heteroatoms. The van der Waals surface area contributed by atoms with Gasteiger partial charge in [0, 0.05) is 28.5 Å². The summed E-state index contributed by atoms with van der Waals surface area (Å²) in [5.41, 5.74) is 1.50. The minimum absolute atomic E-state index is 0.116. The zero-order valence-electron chi connectivity index (χ0n) is 13.5. The van der Waals surface area contributed by atoms with E-state index in [2.05, 4.69) is 35.9 Å². The molecule has 6 rings (SSSR count). The maximum absolute atomic E-state index is 13.4. The number of hydrogen-bond donors (Lipinski definition) is 1. The highest BCUT2D eigenvalue weighted by atomic mass is 79.9. The van der Waals surface area contributed by atoms with E-state index in [1.165, 1.54) is 25.9 Å². The molecule has 1 N–H and O–H groups in total. The summed E-state index contributed by atoms with van der Waals surface area (Å²) in [5.74, 6) is 0.781. The van der Waals surface area contributed by atoms with E-state index < -0.39 is 0 Å². The van der Waals surface area contributed by atoms with Gasteiger partial charge in [0.1, 0.15) is 0 Å². The van der Waals surface area contributed by atoms with Crippen molar-refractivity contribution in [3.05, 3.63) is 28.4 Å². The van der Waals surface area contributed by atoms with E-state index in [1.54, 1.807) is 0 Å². The molecule has 4 heterocycles. The Labute approximate surface area is 149 Å². The van der Waals surface area contributed by atoms with E-state index in [1.807, 2.05) is 18.2 Å². The van der Waals surface area contributed by atoms with Crippen LogP contribution in [0.15, 0.2) is 22.7 Å². The highest BCUT2D eigenvalue weighted by Gasteiger charge is 2.45. The summed E-state index contributed by atoms with van der Waals surface area (Å²) in [6.45, 7) is 3.45. The number of halogens is 1. The van der Waals surface area contributed by atoms with Gasteiger partial charge in [0.2, 0.25) is 0 Å². The third-order valence-electron chi connectivity index (χ3n) is 5.88. The Bertz CT molecular complexity index is 791. The molecule has 4 aliphatic rings. The summed E-state index contributed by atoms with van der Waals surface area (Å²) in [7, 11) is 0. The van der Waals surface area contributed by atoms with Gasteiger partial charge in [-0.05, 0) is 62.9 Å². The van der Waals surface area contributed by atoms with Gasteiger partial charge in [-0.15, -0.1) is 0 Å². The van der Waals surface area contributed by atoms with Crippen molar-refractivity contribution >= 4 is 32.7 Å². The molecule has 1 aromatic heterocycles. The number of aromatic amines is 1. The molecule has 1 atom stereocenters. The maximum Gasteiger partial charge on any atom is 0.275 e. The molecule has 4 fully saturated rings. The predicted octanol–water partition coefficient (Wildman–Crippen LogP) is 3.02. The molecule has 1 aromatic carbocycles. The van der Waals surface area contributed by atoms with E-state index >= 15 is 0 Å². The van der Waals surface area contributed by atoms with Crippen LogP contribution in [0.25, 0.3) is 10.9 Å². The summed E-state index contributed by atoms with van der Waals surface area (Å²) in [6, 6.07) is 6.73. The van der Waals surface area contributed by atoms with Crippen molar-refractivity contribution in [1.82, 2.24) is 20.0 Å². The van der Waals surface area contributed by atoms with Gasteiger partial charge in [0.25, 0.3) is 5.91 Å². The minimum atomic E-state index is 0.116. The number of piperidine rings is 3. The lowest BCUT2D eigenvalue weighted by Gasteiger charge is -2.49. The topological polar surface area (TPSA) is 52.2 Å². The molecule has 0 spiro atoms. The van der Waals surface area contributed by atoms with Crippen LogP contribution in [0, 0.1) is 5.92 Å². The van der Waals surface area contributed by atoms with Crippen LogP contribution in [-0.2, 0) is 0 Å². The van der Waals surface area contributed by atoms with Gasteiger partial charge in [-0.3, -0.25) is 9.89 Å². The zero-order chi connectivity index (χ0) is 16.3. The van der Waals surface area contributed by atoms with E-state index in [-0.39, 0.29) is 5.91 Å². The molecule has 0 unspecified atom stereocenters. The number of benzene rings is 1. The number of carbonyl (C=O) groups is 1. The summed E-state index contributed by atoms with van der Waals surface area (Å²) in [5, 5.41) is 8.32. The van der Waals surface area contributed by atoms with Crippen molar-refractivity contribution in [3.8, 4) is 0 Å². The molecule has 0 radical (unpaired) electrons. The van der Waals surface area contributed by atoms with Crippen molar-refractivity contribution in [3.63, 3.8) is 0 Å². The van der Waals surface area contributed by atoms with Crippen molar-refractivity contribution in [2.75, 3.05) is 19.6 Å². The van der Waals surface area contributed by atoms with Gasteiger partial charge < -0.3 is 9.80 Å². The standard InChI is InChI=1S/C18H21BrN4O/c19-12-1-4-14-15(9-12)20-21-17(14)18(24)23(13-2-3-13)16-10-22-7-5-11(16)6-8-22/h1,4,9,11,13,16H,2-3,5-8,10H2,(H,20,21)/t16-/m1/s1. The lowest BCUT2D eigenvalue weighted by atomic mass is 9.83. The van der Waals surface area contributed by atoms with Crippen LogP contribution < -0.4 is 0 Å². The molecule has 126 valence electrons. The third-order valence-corrected chi connectivity index (χ3v) is 6.37. The fraction of sp³-hybridized carbons (Fsp3) is 0.556. The second-order valence-electron chi connectivity index (χ2n) is 7.41. The molecular formula is C18H21BrN4O. The number of amides is 1. The lowest BCUT2D eigenvalue weighted by molar-refractivity contribution is 0.00438. The Morgan fingerprint density at radius 3 is 2.71 bits per heavy atom. The van der Waals surface area contributed by atoms with Crippen LogP contribution in [-0.4, -0.2) is 57.6 Å². The number of H-pyrrole nitrogens is 1. The zero-order valence-corrected chi connectivity index (χ0v) is 15.1. The molecule has 5 nitrogen and oxygen atoms in total. The molecule has 3 aliphatic heterocycles. The van der Waals surface area contributed by atoms with E-state index in [4.69, 9.17) is 0 Å². The number of rotatable bonds is 3. The monoisotopic (exact) mass is 388 g/mol. The lowest BCUT2D eigenvalue weighted by Crippen LogP contribution is -2.59. The molecule has 1 aliphatic carbocycles. The van der Waals surface area contributed by atoms with Crippen LogP contribution in [0.5, 0.6) is 0 Å². The molecule has 24 heavy (non-hydrogen) atoms. The summed E-state index contributed by atoms with van der Waals surface area (Å²) in [4.78, 5) is 18.1. The van der Waals surface area contributed by atoms with Crippen molar-refractivity contribution < 1.29 is 4.79 Å². The van der Waals surface area contributed by atoms with Gasteiger partial charge in [-0.2, -0.15) is 5.10 Å². The highest BCUT2D eigenvalue weighted by Crippen LogP contribution is 2.38. The van der Waals surface area contributed by atoms with Gasteiger partial charge in [-0.1, -0.05) is 15.9 Å². The number of nitrogens with one attached hydrogen (secondary N) is 1. The maximum atomic E-state index is 13.4. The average molecular weight is 389 g/mol. The smallest absolute Gasteiger partial charge is 0.275 e. The number of carbonyl (C=O) groups excluding carboxylic acids is 1. The normalized spacial score (nSPS) is 29.1. The molecule has 1 amide bonds. The molecular weight excluding hydrogens is 368 g/mol. The Kier molecular flexibility index (Phi) is 3.45. The van der Waals surface area contributed by atoms with E-state index in [9.17, 15) is 4.79 Å². The van der Waals surface area contributed by atoms with Crippen LogP contribution in [0.3, 0.4) is 0 Å². The molecule has 2 aromatic rings. The number of nitrogens with zero attached hydrogens (tertiary/aromatic N) is 3. The first-order valence-corrected chi connectivity index (χ1v) is 9.68. The molecule has 3 saturated heterocycles. The Morgan fingerprint density at radius 1 is 1.25 bits per heavy atom. The predicted molar refractivity (Wildman–Crippen MR) is 95.9 cm³/mol. The van der Waals surface area contributed by atoms with Gasteiger partial charge >= 0.3 is 0 Å². The Hall–Kier alpha value is -1.40. The molecule has 1 saturated carbocycles. The second kappa shape index (κ2) is 5.56. The van der Waals surface area contributed by atoms with Gasteiger partial charge in [0.05, 0.1) is 5.52 Å². The summed E-state index contributed by atoms with van der Waals surface area (Å²) >= 11 is 3.48. The largest absolute Gasteiger partial charge is 0.330 e. The fourth-order valence-corrected chi connectivity index (χ4v) is 4.83. The van der Waals surface area contributed by atoms with Gasteiger partial charge in [0.15, 0.2) is 5.69 Å². The van der Waals surface area contributed by atoms with E-state index in [0.717, 1.165) is 34.8 Å². The van der Waals surface area contributed by atoms with Crippen LogP contribution in [0.4, 0.5) is 0 Å². The minimum Gasteiger partial charge on any atom is -0.330 e. The van der Waals surface area contributed by atoms with Crippen LogP contribution >= 0.6 is 15.9 Å². The van der Waals surface area contributed by atoms with E-state index in [0.29, 0.717) is 23.7 Å². The number of hydrogen-bond acceptors (Lipinski definition) is 3. The third kappa shape index (κ3) is 2.39. The Balaban J connectivity index is 1.50. The summed E-state index contributed by atoms with van der Waals surface area (Å²) < 4.78 is 0.995. The average Bonchev–Trinajstić information content (AvgIpc) is 3.34. The Morgan fingerprint density at radius 2 is 2.04 bits per heavy atom. The first-order valence-electron chi connectivity index (χ1n) is 8.89. The van der Waals surface area contributed by atoms with Crippen molar-refractivity contribution in [1.29, 1.82) is 0 Å². The number of aromatic nitrogens is 2. The van der Waals surface area contributed by atoms with Crippen molar-refractivity contribution in [2.45, 2.75) is 37.8 Å².